The number of carbonyl (C=O) groups is 1. The third-order valence-electron chi connectivity index (χ3n) is 2.77. The first kappa shape index (κ1) is 16.2. The van der Waals surface area contributed by atoms with Gasteiger partial charge >= 0.3 is 0 Å². The molecule has 0 rings (SSSR count). The first-order chi connectivity index (χ1) is 7.97. The van der Waals surface area contributed by atoms with Crippen LogP contribution in [-0.4, -0.2) is 60.9 Å². The van der Waals surface area contributed by atoms with E-state index in [0.29, 0.717) is 19.6 Å². The summed E-state index contributed by atoms with van der Waals surface area (Å²) in [6, 6.07) is -0.549. The number of hydrogen-bond acceptors (Lipinski definition) is 3. The van der Waals surface area contributed by atoms with Crippen molar-refractivity contribution in [3.05, 3.63) is 0 Å². The van der Waals surface area contributed by atoms with Gasteiger partial charge in [-0.15, -0.1) is 0 Å². The lowest BCUT2D eigenvalue weighted by molar-refractivity contribution is -0.136. The number of likely N-dealkylation sites (N-methyl/N-ethyl adjacent to an activating group) is 1. The number of amides is 1. The summed E-state index contributed by atoms with van der Waals surface area (Å²) in [6.07, 6.45) is -2.45. The molecule has 0 aliphatic rings. The van der Waals surface area contributed by atoms with E-state index < -0.39 is 19.0 Å². The molecule has 0 aliphatic carbocycles. The quantitative estimate of drug-likeness (QED) is 0.693. The van der Waals surface area contributed by atoms with Crippen molar-refractivity contribution < 1.29 is 13.6 Å². The number of nitrogens with two attached hydrogens (primary N) is 1. The van der Waals surface area contributed by atoms with E-state index in [1.165, 1.54) is 4.90 Å². The summed E-state index contributed by atoms with van der Waals surface area (Å²) in [5.74, 6) is -0.121. The molecule has 0 heterocycles. The third-order valence-corrected chi connectivity index (χ3v) is 2.77. The van der Waals surface area contributed by atoms with Gasteiger partial charge in [-0.1, -0.05) is 0 Å². The van der Waals surface area contributed by atoms with Crippen LogP contribution in [-0.2, 0) is 4.79 Å². The molecule has 0 aromatic heterocycles. The van der Waals surface area contributed by atoms with Crippen molar-refractivity contribution in [2.24, 2.45) is 5.73 Å². The summed E-state index contributed by atoms with van der Waals surface area (Å²) >= 11 is 0. The van der Waals surface area contributed by atoms with Crippen molar-refractivity contribution in [1.29, 1.82) is 0 Å². The van der Waals surface area contributed by atoms with Crippen LogP contribution < -0.4 is 5.73 Å². The minimum absolute atomic E-state index is 0.121. The zero-order chi connectivity index (χ0) is 13.4. The number of nitrogens with zero attached hydrogens (tertiary/aromatic N) is 2. The second kappa shape index (κ2) is 8.36. The lowest BCUT2D eigenvalue weighted by Crippen LogP contribution is -2.49. The topological polar surface area (TPSA) is 49.6 Å². The lowest BCUT2D eigenvalue weighted by atomic mass is 10.2. The first-order valence-electron chi connectivity index (χ1n) is 5.98. The van der Waals surface area contributed by atoms with Gasteiger partial charge in [-0.05, 0) is 20.8 Å². The predicted molar refractivity (Wildman–Crippen MR) is 64.0 cm³/mol. The Morgan fingerprint density at radius 1 is 1.29 bits per heavy atom. The van der Waals surface area contributed by atoms with Crippen molar-refractivity contribution in [2.75, 3.05) is 32.7 Å². The third kappa shape index (κ3) is 5.41. The fourth-order valence-corrected chi connectivity index (χ4v) is 1.74. The molecular formula is C11H23F2N3O. The maximum Gasteiger partial charge on any atom is 0.251 e. The molecule has 17 heavy (non-hydrogen) atoms. The van der Waals surface area contributed by atoms with Crippen LogP contribution in [0.1, 0.15) is 20.8 Å². The highest BCUT2D eigenvalue weighted by Gasteiger charge is 2.26. The van der Waals surface area contributed by atoms with Crippen LogP contribution in [0.15, 0.2) is 0 Å². The molecule has 0 radical (unpaired) electrons. The second-order valence-electron chi connectivity index (χ2n) is 3.86. The van der Waals surface area contributed by atoms with Gasteiger partial charge in [-0.2, -0.15) is 0 Å². The van der Waals surface area contributed by atoms with Crippen molar-refractivity contribution in [3.8, 4) is 0 Å². The largest absolute Gasteiger partial charge is 0.342 e. The Morgan fingerprint density at radius 2 is 1.82 bits per heavy atom. The average molecular weight is 251 g/mol. The molecule has 0 aliphatic heterocycles. The monoisotopic (exact) mass is 251 g/mol. The van der Waals surface area contributed by atoms with Crippen molar-refractivity contribution in [1.82, 2.24) is 9.80 Å². The van der Waals surface area contributed by atoms with Crippen LogP contribution in [0.4, 0.5) is 8.78 Å². The van der Waals surface area contributed by atoms with E-state index >= 15 is 0 Å². The maximum atomic E-state index is 12.4. The molecule has 1 amide bonds. The molecule has 0 saturated carbocycles. The summed E-state index contributed by atoms with van der Waals surface area (Å²) < 4.78 is 24.8. The molecule has 2 N–H and O–H groups in total. The van der Waals surface area contributed by atoms with E-state index in [4.69, 9.17) is 5.73 Å². The van der Waals surface area contributed by atoms with E-state index in [1.807, 2.05) is 13.8 Å². The highest BCUT2D eigenvalue weighted by atomic mass is 19.3. The van der Waals surface area contributed by atoms with Gasteiger partial charge in [-0.3, -0.25) is 9.69 Å². The maximum absolute atomic E-state index is 12.4. The van der Waals surface area contributed by atoms with Crippen LogP contribution in [0.25, 0.3) is 0 Å². The van der Waals surface area contributed by atoms with Gasteiger partial charge in [0.25, 0.3) is 6.43 Å². The molecular weight excluding hydrogens is 228 g/mol. The fraction of sp³-hybridized carbons (Fsp3) is 0.909. The standard InChI is InChI=1S/C11H23F2N3O/c1-4-15(5-2)11(17)9(3)16(7-6-14)8-10(12)13/h9-10H,4-8,14H2,1-3H3. The molecule has 0 aromatic carbocycles. The molecule has 0 bridgehead atoms. The minimum Gasteiger partial charge on any atom is -0.342 e. The molecule has 1 unspecified atom stereocenters. The van der Waals surface area contributed by atoms with Crippen molar-refractivity contribution in [2.45, 2.75) is 33.2 Å². The van der Waals surface area contributed by atoms with Gasteiger partial charge in [0.15, 0.2) is 0 Å². The summed E-state index contributed by atoms with van der Waals surface area (Å²) in [7, 11) is 0. The Labute approximate surface area is 102 Å². The van der Waals surface area contributed by atoms with Crippen molar-refractivity contribution in [3.63, 3.8) is 0 Å². The molecule has 0 aromatic rings. The summed E-state index contributed by atoms with van der Waals surface area (Å²) in [5, 5.41) is 0. The highest BCUT2D eigenvalue weighted by molar-refractivity contribution is 5.81. The van der Waals surface area contributed by atoms with Gasteiger partial charge < -0.3 is 10.6 Å². The van der Waals surface area contributed by atoms with E-state index in [-0.39, 0.29) is 12.5 Å². The normalized spacial score (nSPS) is 13.2. The van der Waals surface area contributed by atoms with Gasteiger partial charge in [0.1, 0.15) is 0 Å². The van der Waals surface area contributed by atoms with E-state index in [9.17, 15) is 13.6 Å². The smallest absolute Gasteiger partial charge is 0.251 e. The summed E-state index contributed by atoms with van der Waals surface area (Å²) in [4.78, 5) is 15.1. The Balaban J connectivity index is 4.57. The predicted octanol–water partition coefficient (Wildman–Crippen LogP) is 0.769. The molecule has 1 atom stereocenters. The minimum atomic E-state index is -2.45. The number of halogens is 2. The lowest BCUT2D eigenvalue weighted by Gasteiger charge is -2.31. The van der Waals surface area contributed by atoms with E-state index in [1.54, 1.807) is 11.8 Å². The van der Waals surface area contributed by atoms with Crippen LogP contribution in [0, 0.1) is 0 Å². The summed E-state index contributed by atoms with van der Waals surface area (Å²) in [5.41, 5.74) is 5.37. The first-order valence-corrected chi connectivity index (χ1v) is 5.98. The molecule has 6 heteroatoms. The molecule has 102 valence electrons. The number of hydrogen-bond donors (Lipinski definition) is 1. The number of rotatable bonds is 8. The fourth-order valence-electron chi connectivity index (χ4n) is 1.74. The van der Waals surface area contributed by atoms with E-state index in [2.05, 4.69) is 0 Å². The molecule has 4 nitrogen and oxygen atoms in total. The van der Waals surface area contributed by atoms with Gasteiger partial charge in [-0.25, -0.2) is 8.78 Å². The van der Waals surface area contributed by atoms with Crippen LogP contribution in [0.5, 0.6) is 0 Å². The zero-order valence-electron chi connectivity index (χ0n) is 10.8. The van der Waals surface area contributed by atoms with E-state index in [0.717, 1.165) is 0 Å². The molecule has 0 saturated heterocycles. The van der Waals surface area contributed by atoms with Gasteiger partial charge in [0.2, 0.25) is 5.91 Å². The molecule has 0 spiro atoms. The van der Waals surface area contributed by atoms with Gasteiger partial charge in [0.05, 0.1) is 12.6 Å². The highest BCUT2D eigenvalue weighted by Crippen LogP contribution is 2.07. The number of carbonyl (C=O) groups excluding carboxylic acids is 1. The Morgan fingerprint density at radius 3 is 2.18 bits per heavy atom. The van der Waals surface area contributed by atoms with Crippen LogP contribution >= 0.6 is 0 Å². The average Bonchev–Trinajstić information content (AvgIpc) is 2.28. The summed E-state index contributed by atoms with van der Waals surface area (Å²) in [6.45, 7) is 6.73. The van der Waals surface area contributed by atoms with Gasteiger partial charge in [0, 0.05) is 26.2 Å². The Kier molecular flexibility index (Phi) is 7.99. The second-order valence-corrected chi connectivity index (χ2v) is 3.86. The molecule has 0 fully saturated rings. The Bertz CT molecular complexity index is 223. The van der Waals surface area contributed by atoms with Crippen LogP contribution in [0.2, 0.25) is 0 Å². The number of alkyl halides is 2. The van der Waals surface area contributed by atoms with Crippen LogP contribution in [0.3, 0.4) is 0 Å². The zero-order valence-corrected chi connectivity index (χ0v) is 10.8. The SMILES string of the molecule is CCN(CC)C(=O)C(C)N(CCN)CC(F)F. The van der Waals surface area contributed by atoms with Crippen molar-refractivity contribution >= 4 is 5.91 Å². The Hall–Kier alpha value is -0.750.